The van der Waals surface area contributed by atoms with Gasteiger partial charge in [-0.25, -0.2) is 4.79 Å². The highest BCUT2D eigenvalue weighted by Crippen LogP contribution is 2.49. The van der Waals surface area contributed by atoms with E-state index in [1.807, 2.05) is 43.4 Å². The number of aliphatic hydroxyl groups excluding tert-OH is 4. The van der Waals surface area contributed by atoms with Gasteiger partial charge in [-0.05, 0) is 88.4 Å². The molecule has 26 nitrogen and oxygen atoms in total. The number of hydroxylamine groups is 1. The molecule has 2 bridgehead atoms. The minimum atomic E-state index is -2.15. The predicted molar refractivity (Wildman–Crippen MR) is 334 cm³/mol. The van der Waals surface area contributed by atoms with Crippen molar-refractivity contribution in [3.63, 3.8) is 0 Å². The molecule has 7 rings (SSSR count). The molecule has 89 heavy (non-hydrogen) atoms. The highest BCUT2D eigenvalue weighted by atomic mass is 127. The molecule has 0 saturated carbocycles. The number of ether oxygens (including phenoxy) is 12. The van der Waals surface area contributed by atoms with E-state index in [2.05, 4.69) is 39.8 Å². The van der Waals surface area contributed by atoms with Gasteiger partial charge in [0.15, 0.2) is 41.8 Å². The number of rotatable bonds is 24. The summed E-state index contributed by atoms with van der Waals surface area (Å²) in [7, 11) is 9.45. The molecule has 494 valence electrons. The summed E-state index contributed by atoms with van der Waals surface area (Å²) >= 11 is 2.81. The van der Waals surface area contributed by atoms with Crippen LogP contribution in [0.15, 0.2) is 35.1 Å². The molecular weight excluding hydrogens is 1340 g/mol. The largest absolute Gasteiger partial charge is 0.492 e. The molecule has 4 saturated heterocycles. The third kappa shape index (κ3) is 17.3. The molecule has 4 fully saturated rings. The molecule has 1 aromatic rings. The highest BCUT2D eigenvalue weighted by molar-refractivity contribution is 14.1. The van der Waals surface area contributed by atoms with E-state index >= 15 is 0 Å². The van der Waals surface area contributed by atoms with Gasteiger partial charge in [0.1, 0.15) is 36.6 Å². The lowest BCUT2D eigenvalue weighted by molar-refractivity contribution is -0.336. The van der Waals surface area contributed by atoms with Crippen molar-refractivity contribution in [2.24, 2.45) is 5.73 Å². The topological polar surface area (TPSA) is 352 Å². The van der Waals surface area contributed by atoms with E-state index in [4.69, 9.17) is 67.4 Å². The SMILES string of the molecule is CCN[C@H]1CO[C@@H](O[C@H]2[C@H](O[C@H]3C#C/C=C/C#C[C@]4(O)CC(=O)C(NC(=O)OC)=C3/C4=C\CSSC(C)(C)CC(N)=O)O[C@H](C)[C@@H](NO[C@H]3C[C@H](O)[C@H](SC(=O)c4c(C)c(I)c(O[C@@H]5O[C@@H](C)[C@H](O)[C@@H](OC)[C@H]5O)c(OC)c4OC)[C@@H](C)O3)[C@@H]2O)C[C@@H]1OC. The number of fused-ring (bicyclic) bond motifs is 2. The maximum absolute atomic E-state index is 14.5. The number of hydrogen-bond acceptors (Lipinski definition) is 27. The Hall–Kier alpha value is -3.82. The van der Waals surface area contributed by atoms with E-state index < -0.39 is 143 Å². The Labute approximate surface area is 543 Å². The summed E-state index contributed by atoms with van der Waals surface area (Å²) < 4.78 is 72.1. The smallest absolute Gasteiger partial charge is 0.411 e. The first kappa shape index (κ1) is 72.6. The second-order valence-corrected chi connectivity index (χ2v) is 27.6. The molecule has 6 aliphatic rings. The third-order valence-electron chi connectivity index (χ3n) is 15.5. The first-order valence-corrected chi connectivity index (χ1v) is 33.0. The first-order chi connectivity index (χ1) is 42.2. The zero-order chi connectivity index (χ0) is 65.2. The van der Waals surface area contributed by atoms with Crippen LogP contribution in [0.1, 0.15) is 83.1 Å². The quantitative estimate of drug-likeness (QED) is 0.0236. The van der Waals surface area contributed by atoms with E-state index in [-0.39, 0.29) is 77.3 Å². The molecule has 19 atom stereocenters. The van der Waals surface area contributed by atoms with E-state index in [0.29, 0.717) is 15.7 Å². The van der Waals surface area contributed by atoms with Crippen LogP contribution in [0.2, 0.25) is 0 Å². The number of Topliss-reactive ketones (excluding diaryl/α,β-unsaturated/α-hetero) is 1. The molecular formula is C59H81IN4O22S3. The minimum Gasteiger partial charge on any atom is -0.492 e. The summed E-state index contributed by atoms with van der Waals surface area (Å²) in [6.07, 6.45) is -14.4. The van der Waals surface area contributed by atoms with Crippen LogP contribution >= 0.6 is 55.9 Å². The Balaban J connectivity index is 1.13. The summed E-state index contributed by atoms with van der Waals surface area (Å²) in [5, 5.41) is 62.9. The number of carbonyl (C=O) groups is 4. The number of ketones is 1. The van der Waals surface area contributed by atoms with Crippen LogP contribution in [0.4, 0.5) is 4.79 Å². The van der Waals surface area contributed by atoms with E-state index in [1.54, 1.807) is 40.9 Å². The van der Waals surface area contributed by atoms with Crippen LogP contribution in [-0.2, 0) is 57.1 Å². The molecule has 0 spiro atoms. The van der Waals surface area contributed by atoms with Gasteiger partial charge in [-0.2, -0.15) is 5.48 Å². The van der Waals surface area contributed by atoms with E-state index in [1.165, 1.54) is 55.1 Å². The summed E-state index contributed by atoms with van der Waals surface area (Å²) in [6, 6.07) is -1.33. The van der Waals surface area contributed by atoms with Crippen LogP contribution in [0.5, 0.6) is 17.2 Å². The number of hydrogen-bond donors (Lipinski definition) is 9. The first-order valence-electron chi connectivity index (χ1n) is 28.7. The van der Waals surface area contributed by atoms with Crippen molar-refractivity contribution in [2.75, 3.05) is 54.5 Å². The molecule has 1 aromatic carbocycles. The highest BCUT2D eigenvalue weighted by Gasteiger charge is 2.52. The van der Waals surface area contributed by atoms with Gasteiger partial charge in [0, 0.05) is 55.1 Å². The number of halogens is 1. The van der Waals surface area contributed by atoms with Gasteiger partial charge in [0.05, 0.1) is 97.0 Å². The fourth-order valence-corrected chi connectivity index (χ4v) is 15.2. The number of thioether (sulfide) groups is 1. The zero-order valence-corrected chi connectivity index (χ0v) is 56.0. The lowest BCUT2D eigenvalue weighted by atomic mass is 9.75. The van der Waals surface area contributed by atoms with E-state index in [0.717, 1.165) is 18.9 Å². The Morgan fingerprint density at radius 3 is 2.25 bits per heavy atom. The van der Waals surface area contributed by atoms with Gasteiger partial charge in [-0.1, -0.05) is 70.0 Å². The number of amides is 2. The van der Waals surface area contributed by atoms with Crippen molar-refractivity contribution >= 4 is 78.8 Å². The average molecular weight is 1420 g/mol. The summed E-state index contributed by atoms with van der Waals surface area (Å²) in [5.74, 6) is 10.5. The van der Waals surface area contributed by atoms with Gasteiger partial charge in [-0.3, -0.25) is 24.5 Å². The van der Waals surface area contributed by atoms with Crippen LogP contribution < -0.4 is 36.1 Å². The molecule has 0 radical (unpaired) electrons. The summed E-state index contributed by atoms with van der Waals surface area (Å²) in [4.78, 5) is 59.7. The van der Waals surface area contributed by atoms with Crippen LogP contribution in [-0.4, -0.2) is 223 Å². The number of carbonyl (C=O) groups excluding carboxylic acids is 4. The maximum atomic E-state index is 14.5. The fraction of sp³-hybridized carbons (Fsp3) is 0.661. The molecule has 30 heteroatoms. The number of nitrogens with two attached hydrogens (primary N) is 1. The lowest BCUT2D eigenvalue weighted by Gasteiger charge is -2.46. The Morgan fingerprint density at radius 2 is 1.60 bits per heavy atom. The van der Waals surface area contributed by atoms with Crippen molar-refractivity contribution < 1.29 is 106 Å². The van der Waals surface area contributed by atoms with Crippen LogP contribution in [0.3, 0.4) is 0 Å². The molecule has 0 aromatic heterocycles. The standard InChI is InChI=1S/C59H81IN4O22S3/c1-13-62-32-26-79-38(23-36(32)74-8)84-51-46(69)43(28(3)81-56(51)83-35-18-16-14-15-17-20-59(73)24-34(66)44(63-57(72)78-12)41(35)31(59)19-21-87-89-58(6,7)25-37(61)67)64-86-39-22-33(65)53(30(5)80-39)88-54(71)40-27(2)42(60)49(52(77-11)48(40)75-9)85-55-47(70)50(76-10)45(68)29(4)82-55/h14-15,19,28-30,32-33,35-36,38-39,43,45-47,50-51,53,55-56,62,64-65,68-70,73H,13,21-26H2,1-12H3,(H2,61,67)(H,63,72)/b15-14+,31-19+/t28-,29+,30-,32+,33+,35+,36+,38+,39+,43-,45+,46+,47-,50-,51-,53-,55+,56+,59+/m1/s1. The normalized spacial score (nSPS) is 34.7. The number of methoxy groups -OCH3 is 5. The summed E-state index contributed by atoms with van der Waals surface area (Å²) in [5.41, 5.74) is 6.49. The summed E-state index contributed by atoms with van der Waals surface area (Å²) in [6.45, 7) is 13.0. The third-order valence-corrected chi connectivity index (χ3v) is 21.4. The molecule has 0 unspecified atom stereocenters. The zero-order valence-electron chi connectivity index (χ0n) is 51.4. The maximum Gasteiger partial charge on any atom is 0.411 e. The number of alkyl carbamates (subject to hydrolysis) is 1. The molecule has 2 aliphatic carbocycles. The van der Waals surface area contributed by atoms with Crippen molar-refractivity contribution in [1.82, 2.24) is 16.1 Å². The monoisotopic (exact) mass is 1420 g/mol. The number of allylic oxidation sites excluding steroid dienone is 3. The van der Waals surface area contributed by atoms with Crippen molar-refractivity contribution in [3.05, 3.63) is 49.8 Å². The van der Waals surface area contributed by atoms with Gasteiger partial charge >= 0.3 is 6.09 Å². The second-order valence-electron chi connectivity index (χ2n) is 22.3. The Kier molecular flexibility index (Phi) is 26.4. The van der Waals surface area contributed by atoms with Gasteiger partial charge in [0.2, 0.25) is 23.1 Å². The number of aliphatic hydroxyl groups is 5. The van der Waals surface area contributed by atoms with Crippen LogP contribution in [0.25, 0.3) is 0 Å². The Bertz CT molecular complexity index is 2920. The lowest BCUT2D eigenvalue weighted by Crippen LogP contribution is -2.65. The van der Waals surface area contributed by atoms with Crippen molar-refractivity contribution in [1.29, 1.82) is 0 Å². The average Bonchev–Trinajstić information content (AvgIpc) is 0.821. The molecule has 2 amide bonds. The molecule has 10 N–H and O–H groups in total. The van der Waals surface area contributed by atoms with E-state index in [9.17, 15) is 44.7 Å². The molecule has 4 aliphatic heterocycles. The Morgan fingerprint density at radius 1 is 0.888 bits per heavy atom. The minimum absolute atomic E-state index is 0.0161. The number of primary amides is 1. The van der Waals surface area contributed by atoms with Crippen LogP contribution in [0, 0.1) is 34.2 Å². The number of benzene rings is 1. The van der Waals surface area contributed by atoms with Crippen molar-refractivity contribution in [2.45, 2.75) is 194 Å². The number of likely N-dealkylation sites (N-methyl/N-ethyl adjacent to an activating group) is 1. The van der Waals surface area contributed by atoms with Crippen molar-refractivity contribution in [3.8, 4) is 40.9 Å². The predicted octanol–water partition coefficient (Wildman–Crippen LogP) is 2.57. The number of nitrogens with one attached hydrogen (secondary N) is 3. The van der Waals surface area contributed by atoms with Gasteiger partial charge in [-0.15, -0.1) is 0 Å². The van der Waals surface area contributed by atoms with Gasteiger partial charge in [0.25, 0.3) is 0 Å². The second kappa shape index (κ2) is 32.3. The molecule has 4 heterocycles. The fourth-order valence-electron chi connectivity index (χ4n) is 11.1. The van der Waals surface area contributed by atoms with Gasteiger partial charge < -0.3 is 93.4 Å².